The topological polar surface area (TPSA) is 29.9 Å². The van der Waals surface area contributed by atoms with Crippen molar-refractivity contribution in [3.63, 3.8) is 0 Å². The average Bonchev–Trinajstić information content (AvgIpc) is 2.79. The van der Waals surface area contributed by atoms with Gasteiger partial charge in [-0.25, -0.2) is 4.68 Å². The zero-order valence-electron chi connectivity index (χ0n) is 9.86. The minimum atomic E-state index is 0.831. The van der Waals surface area contributed by atoms with E-state index in [2.05, 4.69) is 33.3 Å². The van der Waals surface area contributed by atoms with Crippen molar-refractivity contribution in [1.29, 1.82) is 0 Å². The standard InChI is InChI=1S/C13H16BrN3/c1-2-8-15-10-12-7-9-17(16-12)13-5-3-11(14)4-6-13/h3-7,9,15H,2,8,10H2,1H3. The van der Waals surface area contributed by atoms with E-state index in [1.165, 1.54) is 0 Å². The number of benzene rings is 1. The largest absolute Gasteiger partial charge is 0.311 e. The SMILES string of the molecule is CCCNCc1ccn(-c2ccc(Br)cc2)n1. The first-order chi connectivity index (χ1) is 8.29. The Hall–Kier alpha value is -1.13. The first-order valence-corrected chi connectivity index (χ1v) is 6.60. The van der Waals surface area contributed by atoms with Crippen LogP contribution >= 0.6 is 15.9 Å². The zero-order valence-corrected chi connectivity index (χ0v) is 11.4. The van der Waals surface area contributed by atoms with Crippen molar-refractivity contribution in [3.05, 3.63) is 46.7 Å². The van der Waals surface area contributed by atoms with Crippen LogP contribution in [-0.2, 0) is 6.54 Å². The molecule has 0 amide bonds. The molecular formula is C13H16BrN3. The van der Waals surface area contributed by atoms with E-state index in [-0.39, 0.29) is 0 Å². The molecule has 0 saturated carbocycles. The molecule has 1 aromatic heterocycles. The first-order valence-electron chi connectivity index (χ1n) is 5.81. The van der Waals surface area contributed by atoms with E-state index in [0.29, 0.717) is 0 Å². The summed E-state index contributed by atoms with van der Waals surface area (Å²) in [6, 6.07) is 10.2. The predicted octanol–water partition coefficient (Wildman–Crippen LogP) is 3.13. The summed E-state index contributed by atoms with van der Waals surface area (Å²) in [5.41, 5.74) is 2.15. The molecule has 2 aromatic rings. The Morgan fingerprint density at radius 1 is 1.24 bits per heavy atom. The van der Waals surface area contributed by atoms with Crippen LogP contribution in [0.3, 0.4) is 0 Å². The zero-order chi connectivity index (χ0) is 12.1. The van der Waals surface area contributed by atoms with Crippen LogP contribution in [0.1, 0.15) is 19.0 Å². The molecule has 0 spiro atoms. The van der Waals surface area contributed by atoms with Crippen molar-refractivity contribution < 1.29 is 0 Å². The lowest BCUT2D eigenvalue weighted by Crippen LogP contribution is -2.14. The van der Waals surface area contributed by atoms with Gasteiger partial charge < -0.3 is 5.32 Å². The van der Waals surface area contributed by atoms with Crippen molar-refractivity contribution in [3.8, 4) is 5.69 Å². The van der Waals surface area contributed by atoms with E-state index in [0.717, 1.165) is 35.4 Å². The summed E-state index contributed by atoms with van der Waals surface area (Å²) in [5.74, 6) is 0. The number of nitrogens with one attached hydrogen (secondary N) is 1. The molecule has 1 heterocycles. The number of nitrogens with zero attached hydrogens (tertiary/aromatic N) is 2. The van der Waals surface area contributed by atoms with Crippen LogP contribution in [-0.4, -0.2) is 16.3 Å². The Bertz CT molecular complexity index is 462. The molecule has 1 aromatic carbocycles. The summed E-state index contributed by atoms with van der Waals surface area (Å²) in [6.45, 7) is 4.02. The fourth-order valence-electron chi connectivity index (χ4n) is 1.59. The third-order valence-electron chi connectivity index (χ3n) is 2.47. The Morgan fingerprint density at radius 2 is 2.00 bits per heavy atom. The van der Waals surface area contributed by atoms with Crippen LogP contribution in [0, 0.1) is 0 Å². The number of hydrogen-bond donors (Lipinski definition) is 1. The minimum Gasteiger partial charge on any atom is -0.311 e. The van der Waals surface area contributed by atoms with E-state index < -0.39 is 0 Å². The maximum absolute atomic E-state index is 4.52. The van der Waals surface area contributed by atoms with Gasteiger partial charge in [0.15, 0.2) is 0 Å². The summed E-state index contributed by atoms with van der Waals surface area (Å²) in [6.07, 6.45) is 3.14. The fraction of sp³-hybridized carbons (Fsp3) is 0.308. The third kappa shape index (κ3) is 3.41. The van der Waals surface area contributed by atoms with Gasteiger partial charge in [-0.2, -0.15) is 5.10 Å². The second-order valence-corrected chi connectivity index (χ2v) is 4.82. The number of aromatic nitrogens is 2. The Balaban J connectivity index is 2.04. The highest BCUT2D eigenvalue weighted by Crippen LogP contribution is 2.13. The molecule has 0 atom stereocenters. The van der Waals surface area contributed by atoms with Crippen molar-refractivity contribution >= 4 is 15.9 Å². The normalized spacial score (nSPS) is 10.7. The Labute approximate surface area is 110 Å². The molecule has 0 bridgehead atoms. The third-order valence-corrected chi connectivity index (χ3v) is 3.00. The number of halogens is 1. The quantitative estimate of drug-likeness (QED) is 0.859. The second kappa shape index (κ2) is 5.98. The lowest BCUT2D eigenvalue weighted by Gasteiger charge is -2.01. The lowest BCUT2D eigenvalue weighted by atomic mass is 10.3. The summed E-state index contributed by atoms with van der Waals surface area (Å²) in [7, 11) is 0. The predicted molar refractivity (Wildman–Crippen MR) is 73.3 cm³/mol. The van der Waals surface area contributed by atoms with Gasteiger partial charge in [0.1, 0.15) is 0 Å². The van der Waals surface area contributed by atoms with Gasteiger partial charge in [0.05, 0.1) is 11.4 Å². The molecule has 0 aliphatic heterocycles. The molecule has 2 rings (SSSR count). The molecule has 0 aliphatic carbocycles. The summed E-state index contributed by atoms with van der Waals surface area (Å²) < 4.78 is 2.98. The average molecular weight is 294 g/mol. The second-order valence-electron chi connectivity index (χ2n) is 3.90. The highest BCUT2D eigenvalue weighted by molar-refractivity contribution is 9.10. The van der Waals surface area contributed by atoms with E-state index in [1.54, 1.807) is 0 Å². The minimum absolute atomic E-state index is 0.831. The molecule has 0 aliphatic rings. The highest BCUT2D eigenvalue weighted by Gasteiger charge is 2.00. The van der Waals surface area contributed by atoms with Gasteiger partial charge in [0.2, 0.25) is 0 Å². The van der Waals surface area contributed by atoms with Gasteiger partial charge in [-0.3, -0.25) is 0 Å². The van der Waals surface area contributed by atoms with Crippen LogP contribution in [0.25, 0.3) is 5.69 Å². The number of hydrogen-bond acceptors (Lipinski definition) is 2. The maximum atomic E-state index is 4.52. The van der Waals surface area contributed by atoms with E-state index in [4.69, 9.17) is 0 Å². The van der Waals surface area contributed by atoms with Crippen molar-refractivity contribution in [2.75, 3.05) is 6.54 Å². The van der Waals surface area contributed by atoms with Crippen LogP contribution < -0.4 is 5.32 Å². The molecule has 0 fully saturated rings. The lowest BCUT2D eigenvalue weighted by molar-refractivity contribution is 0.656. The fourth-order valence-corrected chi connectivity index (χ4v) is 1.85. The van der Waals surface area contributed by atoms with Crippen molar-refractivity contribution in [2.45, 2.75) is 19.9 Å². The molecule has 17 heavy (non-hydrogen) atoms. The smallest absolute Gasteiger partial charge is 0.0766 e. The van der Waals surface area contributed by atoms with E-state index >= 15 is 0 Å². The Morgan fingerprint density at radius 3 is 2.71 bits per heavy atom. The van der Waals surface area contributed by atoms with Crippen LogP contribution in [0.2, 0.25) is 0 Å². The monoisotopic (exact) mass is 293 g/mol. The summed E-state index contributed by atoms with van der Waals surface area (Å²) in [5, 5.41) is 7.86. The molecule has 90 valence electrons. The summed E-state index contributed by atoms with van der Waals surface area (Å²) >= 11 is 3.43. The molecule has 0 saturated heterocycles. The van der Waals surface area contributed by atoms with Gasteiger partial charge in [0, 0.05) is 17.2 Å². The van der Waals surface area contributed by atoms with Crippen LogP contribution in [0.15, 0.2) is 41.0 Å². The summed E-state index contributed by atoms with van der Waals surface area (Å²) in [4.78, 5) is 0. The highest BCUT2D eigenvalue weighted by atomic mass is 79.9. The van der Waals surface area contributed by atoms with Gasteiger partial charge in [-0.15, -0.1) is 0 Å². The van der Waals surface area contributed by atoms with Gasteiger partial charge >= 0.3 is 0 Å². The molecular weight excluding hydrogens is 278 g/mol. The number of rotatable bonds is 5. The molecule has 0 radical (unpaired) electrons. The molecule has 0 unspecified atom stereocenters. The van der Waals surface area contributed by atoms with Gasteiger partial charge in [-0.1, -0.05) is 22.9 Å². The first kappa shape index (κ1) is 12.3. The van der Waals surface area contributed by atoms with E-state index in [9.17, 15) is 0 Å². The van der Waals surface area contributed by atoms with Gasteiger partial charge in [-0.05, 0) is 43.3 Å². The molecule has 1 N–H and O–H groups in total. The maximum Gasteiger partial charge on any atom is 0.0766 e. The van der Waals surface area contributed by atoms with Crippen molar-refractivity contribution in [1.82, 2.24) is 15.1 Å². The van der Waals surface area contributed by atoms with Crippen molar-refractivity contribution in [2.24, 2.45) is 0 Å². The molecule has 4 heteroatoms. The van der Waals surface area contributed by atoms with Crippen LogP contribution in [0.5, 0.6) is 0 Å². The Kier molecular flexibility index (Phi) is 4.34. The van der Waals surface area contributed by atoms with E-state index in [1.807, 2.05) is 41.2 Å². The molecule has 3 nitrogen and oxygen atoms in total. The van der Waals surface area contributed by atoms with Crippen LogP contribution in [0.4, 0.5) is 0 Å². The van der Waals surface area contributed by atoms with Gasteiger partial charge in [0.25, 0.3) is 0 Å².